The standard InChI is InChI=1S/C22H29F3N2O5S.C22H29F3N2O4S/c1-20(2,3)32-19(29)26-17-7-9-21(12-17,33(4,30)31)18(28)27-10-8-14-5-6-16(22(23,24)25)11-15(14)13-27;1-32(29,30)21(8-4-19(13-21)26-18-6-10-31-11-7-18)20(28)27-9-5-15-2-3-17(22(23,24)25)12-16(15)14-27/h5-6,11,17H,7-10,12-13H2,1-4H3,(H,26,29);2-3,12,18-19,26H,4-11,13-14H2,1H3/t17-,21?;19-,21?/m11/s1. The third-order valence-electron chi connectivity index (χ3n) is 13.2. The zero-order chi connectivity index (χ0) is 48.0. The quantitative estimate of drug-likeness (QED) is 0.308. The molecule has 65 heavy (non-hydrogen) atoms. The molecule has 4 atom stereocenters. The molecule has 0 bridgehead atoms. The molecule has 2 aromatic carbocycles. The van der Waals surface area contributed by atoms with Gasteiger partial charge in [0, 0.05) is 70.0 Å². The Hall–Kier alpha value is -3.95. The molecular formula is C44H58F6N4O9S2. The number of nitrogens with zero attached hydrogens (tertiary/aromatic N) is 2. The summed E-state index contributed by atoms with van der Waals surface area (Å²) in [5.74, 6) is -1.12. The normalized spacial score (nSPS) is 25.5. The van der Waals surface area contributed by atoms with Gasteiger partial charge in [0.2, 0.25) is 11.8 Å². The molecule has 0 spiro atoms. The maximum Gasteiger partial charge on any atom is 0.416 e. The van der Waals surface area contributed by atoms with Crippen molar-refractivity contribution in [2.45, 2.75) is 144 Å². The van der Waals surface area contributed by atoms with Crippen LogP contribution in [-0.2, 0) is 77.0 Å². The van der Waals surface area contributed by atoms with Gasteiger partial charge in [-0.15, -0.1) is 0 Å². The Balaban J connectivity index is 0.000000215. The van der Waals surface area contributed by atoms with Crippen LogP contribution in [0.2, 0.25) is 0 Å². The number of rotatable bonds is 7. The van der Waals surface area contributed by atoms with E-state index in [4.69, 9.17) is 9.47 Å². The van der Waals surface area contributed by atoms with Crippen LogP contribution < -0.4 is 10.6 Å². The van der Waals surface area contributed by atoms with E-state index < -0.39 is 82.2 Å². The molecule has 362 valence electrons. The van der Waals surface area contributed by atoms with Crippen molar-refractivity contribution in [2.24, 2.45) is 0 Å². The molecule has 21 heteroatoms. The molecule has 3 fully saturated rings. The predicted molar refractivity (Wildman–Crippen MR) is 228 cm³/mol. The number of fused-ring (bicyclic) bond motifs is 2. The summed E-state index contributed by atoms with van der Waals surface area (Å²) in [5.41, 5.74) is -0.0475. The minimum Gasteiger partial charge on any atom is -0.444 e. The van der Waals surface area contributed by atoms with E-state index in [1.165, 1.54) is 21.9 Å². The summed E-state index contributed by atoms with van der Waals surface area (Å²) in [6.07, 6.45) is -4.02. The lowest BCUT2D eigenvalue weighted by Crippen LogP contribution is -2.54. The molecule has 3 aliphatic heterocycles. The Labute approximate surface area is 376 Å². The molecule has 2 unspecified atom stereocenters. The number of benzene rings is 2. The van der Waals surface area contributed by atoms with Gasteiger partial charge in [0.1, 0.15) is 5.60 Å². The third kappa shape index (κ3) is 11.4. The number of sulfone groups is 2. The van der Waals surface area contributed by atoms with E-state index in [-0.39, 0.29) is 63.8 Å². The minimum atomic E-state index is -4.51. The van der Waals surface area contributed by atoms with Crippen LogP contribution >= 0.6 is 0 Å². The molecule has 13 nitrogen and oxygen atoms in total. The van der Waals surface area contributed by atoms with Crippen LogP contribution in [0.1, 0.15) is 106 Å². The molecule has 7 rings (SSSR count). The molecule has 0 radical (unpaired) electrons. The molecule has 2 saturated carbocycles. The van der Waals surface area contributed by atoms with Crippen LogP contribution in [0.15, 0.2) is 36.4 Å². The summed E-state index contributed by atoms with van der Waals surface area (Å²) in [5, 5.41) is 6.14. The van der Waals surface area contributed by atoms with Gasteiger partial charge in [-0.2, -0.15) is 26.3 Å². The summed E-state index contributed by atoms with van der Waals surface area (Å²) < 4.78 is 137. The topological polar surface area (TPSA) is 168 Å². The van der Waals surface area contributed by atoms with Gasteiger partial charge in [-0.3, -0.25) is 9.59 Å². The number of halogens is 6. The second-order valence-corrected chi connectivity index (χ2v) is 23.7. The molecule has 2 N–H and O–H groups in total. The minimum absolute atomic E-state index is 0.00653. The highest BCUT2D eigenvalue weighted by atomic mass is 32.2. The van der Waals surface area contributed by atoms with Crippen LogP contribution in [0.25, 0.3) is 0 Å². The van der Waals surface area contributed by atoms with Crippen LogP contribution in [0.3, 0.4) is 0 Å². The second kappa shape index (κ2) is 18.6. The molecule has 1 saturated heterocycles. The van der Waals surface area contributed by atoms with Crippen LogP contribution in [0, 0.1) is 0 Å². The van der Waals surface area contributed by atoms with Crippen LogP contribution in [0.5, 0.6) is 0 Å². The van der Waals surface area contributed by atoms with E-state index in [1.807, 2.05) is 0 Å². The van der Waals surface area contributed by atoms with E-state index in [2.05, 4.69) is 10.6 Å². The lowest BCUT2D eigenvalue weighted by molar-refractivity contribution is -0.138. The predicted octanol–water partition coefficient (Wildman–Crippen LogP) is 6.15. The largest absolute Gasteiger partial charge is 0.444 e. The van der Waals surface area contributed by atoms with Gasteiger partial charge in [0.15, 0.2) is 29.2 Å². The number of hydrogen-bond acceptors (Lipinski definition) is 10. The summed E-state index contributed by atoms with van der Waals surface area (Å²) in [4.78, 5) is 42.0. The van der Waals surface area contributed by atoms with Crippen molar-refractivity contribution < 1.29 is 67.0 Å². The Morgan fingerprint density at radius 2 is 1.09 bits per heavy atom. The van der Waals surface area contributed by atoms with E-state index in [9.17, 15) is 57.6 Å². The highest BCUT2D eigenvalue weighted by Crippen LogP contribution is 2.42. The van der Waals surface area contributed by atoms with Crippen molar-refractivity contribution in [3.05, 3.63) is 69.8 Å². The SMILES string of the molecule is CC(C)(C)OC(=O)N[C@@H]1CCC(C(=O)N2CCc3ccc(C(F)(F)F)cc3C2)(S(C)(=O)=O)C1.CS(=O)(=O)C1(C(=O)N2CCc3ccc(C(F)(F)F)cc3C2)CC[C@@H](NC2CCOCC2)C1. The first-order valence-electron chi connectivity index (χ1n) is 21.7. The average Bonchev–Trinajstić information content (AvgIpc) is 3.85. The summed E-state index contributed by atoms with van der Waals surface area (Å²) in [6, 6.07) is 6.59. The Morgan fingerprint density at radius 1 is 0.662 bits per heavy atom. The number of hydrogen-bond donors (Lipinski definition) is 2. The van der Waals surface area contributed by atoms with Crippen molar-refractivity contribution in [3.63, 3.8) is 0 Å². The monoisotopic (exact) mass is 964 g/mol. The number of nitrogens with one attached hydrogen (secondary N) is 2. The number of ether oxygens (including phenoxy) is 2. The van der Waals surface area contributed by atoms with Crippen molar-refractivity contribution in [2.75, 3.05) is 38.8 Å². The molecular weight excluding hydrogens is 907 g/mol. The summed E-state index contributed by atoms with van der Waals surface area (Å²) in [6.45, 7) is 6.82. The number of carbonyl (C=O) groups is 3. The maximum atomic E-state index is 13.6. The van der Waals surface area contributed by atoms with Gasteiger partial charge in [0.05, 0.1) is 11.1 Å². The fourth-order valence-corrected chi connectivity index (χ4v) is 12.6. The molecule has 5 aliphatic rings. The highest BCUT2D eigenvalue weighted by Gasteiger charge is 2.56. The number of alkyl carbamates (subject to hydrolysis) is 1. The van der Waals surface area contributed by atoms with Gasteiger partial charge < -0.3 is 29.9 Å². The Bertz CT molecular complexity index is 2350. The highest BCUT2D eigenvalue weighted by molar-refractivity contribution is 7.93. The van der Waals surface area contributed by atoms with Crippen molar-refractivity contribution in [1.82, 2.24) is 20.4 Å². The average molecular weight is 965 g/mol. The second-order valence-electron chi connectivity index (χ2n) is 19.0. The van der Waals surface area contributed by atoms with Crippen LogP contribution in [0.4, 0.5) is 31.1 Å². The van der Waals surface area contributed by atoms with Gasteiger partial charge in [-0.05, 0) is 131 Å². The van der Waals surface area contributed by atoms with Gasteiger partial charge in [0.25, 0.3) is 0 Å². The molecule has 0 aromatic heterocycles. The lowest BCUT2D eigenvalue weighted by atomic mass is 9.95. The number of carbonyl (C=O) groups excluding carboxylic acids is 3. The first kappa shape index (κ1) is 50.5. The summed E-state index contributed by atoms with van der Waals surface area (Å²) >= 11 is 0. The molecule has 3 heterocycles. The zero-order valence-electron chi connectivity index (χ0n) is 37.2. The van der Waals surface area contributed by atoms with E-state index in [0.29, 0.717) is 55.7 Å². The van der Waals surface area contributed by atoms with Crippen LogP contribution in [-0.4, -0.2) is 117 Å². The molecule has 2 aliphatic carbocycles. The third-order valence-corrected chi connectivity index (χ3v) is 17.2. The lowest BCUT2D eigenvalue weighted by Gasteiger charge is -2.36. The number of alkyl halides is 6. The fourth-order valence-electron chi connectivity index (χ4n) is 9.73. The zero-order valence-corrected chi connectivity index (χ0v) is 38.8. The molecule has 3 amide bonds. The smallest absolute Gasteiger partial charge is 0.416 e. The van der Waals surface area contributed by atoms with Crippen molar-refractivity contribution >= 4 is 37.6 Å². The first-order valence-corrected chi connectivity index (χ1v) is 25.5. The van der Waals surface area contributed by atoms with Crippen molar-refractivity contribution in [3.8, 4) is 0 Å². The van der Waals surface area contributed by atoms with E-state index in [0.717, 1.165) is 55.2 Å². The fraction of sp³-hybridized carbons (Fsp3) is 0.659. The first-order chi connectivity index (χ1) is 30.0. The van der Waals surface area contributed by atoms with E-state index >= 15 is 0 Å². The van der Waals surface area contributed by atoms with Crippen molar-refractivity contribution in [1.29, 1.82) is 0 Å². The Morgan fingerprint density at radius 3 is 1.51 bits per heavy atom. The Kier molecular flexibility index (Phi) is 14.5. The van der Waals surface area contributed by atoms with Gasteiger partial charge in [-0.25, -0.2) is 21.6 Å². The van der Waals surface area contributed by atoms with Gasteiger partial charge >= 0.3 is 18.4 Å². The maximum absolute atomic E-state index is 13.6. The van der Waals surface area contributed by atoms with Gasteiger partial charge in [-0.1, -0.05) is 12.1 Å². The van der Waals surface area contributed by atoms with E-state index in [1.54, 1.807) is 20.8 Å². The summed E-state index contributed by atoms with van der Waals surface area (Å²) in [7, 11) is -7.62. The molecule has 2 aromatic rings. The number of amides is 3.